The third kappa shape index (κ3) is 3.29. The molecule has 0 N–H and O–H groups in total. The molecular weight excluding hydrogens is 326 g/mol. The molecule has 1 heterocycles. The van der Waals surface area contributed by atoms with Gasteiger partial charge in [-0.3, -0.25) is 0 Å². The summed E-state index contributed by atoms with van der Waals surface area (Å²) >= 11 is 0. The molecule has 1 nitrogen and oxygen atoms in total. The van der Waals surface area contributed by atoms with Gasteiger partial charge in [0, 0.05) is 18.6 Å². The number of aromatic nitrogens is 1. The van der Waals surface area contributed by atoms with Gasteiger partial charge in [0.25, 0.3) is 0 Å². The van der Waals surface area contributed by atoms with Crippen LogP contribution in [0.1, 0.15) is 73.8 Å². The van der Waals surface area contributed by atoms with Gasteiger partial charge in [0.2, 0.25) is 5.69 Å². The third-order valence-electron chi connectivity index (χ3n) is 6.57. The fourth-order valence-electron chi connectivity index (χ4n) is 4.69. The van der Waals surface area contributed by atoms with Crippen molar-refractivity contribution in [2.24, 2.45) is 7.05 Å². The molecule has 0 amide bonds. The highest BCUT2D eigenvalue weighted by Gasteiger charge is 2.23. The van der Waals surface area contributed by atoms with Gasteiger partial charge < -0.3 is 0 Å². The molecule has 0 saturated heterocycles. The van der Waals surface area contributed by atoms with Crippen LogP contribution in [0.5, 0.6) is 0 Å². The van der Waals surface area contributed by atoms with Gasteiger partial charge in [-0.25, -0.2) is 0 Å². The normalized spacial score (nSPS) is 15.2. The first-order valence-electron chi connectivity index (χ1n) is 10.5. The van der Waals surface area contributed by atoms with Crippen LogP contribution < -0.4 is 4.57 Å². The second-order valence-corrected chi connectivity index (χ2v) is 8.75. The van der Waals surface area contributed by atoms with Crippen LogP contribution in [0.2, 0.25) is 0 Å². The van der Waals surface area contributed by atoms with Crippen LogP contribution in [-0.4, -0.2) is 0 Å². The zero-order valence-corrected chi connectivity index (χ0v) is 17.5. The number of aryl methyl sites for hydroxylation is 2. The molecule has 1 aliphatic rings. The van der Waals surface area contributed by atoms with Crippen LogP contribution >= 0.6 is 0 Å². The maximum absolute atomic E-state index is 2.48. The van der Waals surface area contributed by atoms with Gasteiger partial charge in [-0.1, -0.05) is 51.0 Å². The lowest BCUT2D eigenvalue weighted by molar-refractivity contribution is -0.665. The van der Waals surface area contributed by atoms with Gasteiger partial charge in [-0.15, -0.1) is 0 Å². The minimum absolute atomic E-state index is 0.555. The minimum Gasteiger partial charge on any atom is -0.198 e. The quantitative estimate of drug-likeness (QED) is 0.457. The zero-order chi connectivity index (χ0) is 19.1. The highest BCUT2D eigenvalue weighted by atomic mass is 14.9. The van der Waals surface area contributed by atoms with E-state index in [1.807, 2.05) is 0 Å². The molecule has 0 aliphatic heterocycles. The lowest BCUT2D eigenvalue weighted by Crippen LogP contribution is -2.35. The molecule has 1 aliphatic carbocycles. The van der Waals surface area contributed by atoms with Gasteiger partial charge in [-0.05, 0) is 65.8 Å². The molecule has 1 fully saturated rings. The third-order valence-corrected chi connectivity index (χ3v) is 6.57. The number of hydrogen-bond donors (Lipinski definition) is 0. The van der Waals surface area contributed by atoms with Crippen molar-refractivity contribution in [3.63, 3.8) is 0 Å². The van der Waals surface area contributed by atoms with Crippen molar-refractivity contribution >= 4 is 10.8 Å². The Bertz CT molecular complexity index is 991. The Labute approximate surface area is 164 Å². The van der Waals surface area contributed by atoms with Crippen molar-refractivity contribution in [1.82, 2.24) is 0 Å². The highest BCUT2D eigenvalue weighted by molar-refractivity contribution is 5.94. The standard InChI is InChI=1S/C26H32N/c1-17(2)21-12-13-24-23(15-21)14-19(4)27(5)26(24)25-16-22(11-10-18(25)3)20-8-6-7-9-20/h10-17,20H,6-9H2,1-5H3/q+1. The molecule has 1 heteroatoms. The van der Waals surface area contributed by atoms with Crippen LogP contribution in [0.3, 0.4) is 0 Å². The number of hydrogen-bond acceptors (Lipinski definition) is 0. The summed E-state index contributed by atoms with van der Waals surface area (Å²) < 4.78 is 2.37. The predicted octanol–water partition coefficient (Wildman–Crippen LogP) is 6.73. The number of rotatable bonds is 3. The van der Waals surface area contributed by atoms with Gasteiger partial charge in [0.05, 0.1) is 5.39 Å². The van der Waals surface area contributed by atoms with E-state index in [4.69, 9.17) is 0 Å². The van der Waals surface area contributed by atoms with E-state index < -0.39 is 0 Å². The van der Waals surface area contributed by atoms with Gasteiger partial charge in [0.15, 0.2) is 5.69 Å². The van der Waals surface area contributed by atoms with E-state index in [2.05, 4.69) is 81.8 Å². The number of benzene rings is 2. The molecule has 1 saturated carbocycles. The maximum atomic E-state index is 2.48. The average Bonchev–Trinajstić information content (AvgIpc) is 3.18. The molecule has 0 spiro atoms. The minimum atomic E-state index is 0.555. The summed E-state index contributed by atoms with van der Waals surface area (Å²) in [6, 6.07) is 16.5. The molecule has 27 heavy (non-hydrogen) atoms. The summed E-state index contributed by atoms with van der Waals surface area (Å²) in [6.45, 7) is 9.02. The molecule has 0 atom stereocenters. The van der Waals surface area contributed by atoms with E-state index in [1.165, 1.54) is 70.1 Å². The van der Waals surface area contributed by atoms with Gasteiger partial charge >= 0.3 is 0 Å². The maximum Gasteiger partial charge on any atom is 0.220 e. The number of nitrogens with zero attached hydrogens (tertiary/aromatic N) is 1. The van der Waals surface area contributed by atoms with Crippen molar-refractivity contribution in [1.29, 1.82) is 0 Å². The molecule has 0 unspecified atom stereocenters. The van der Waals surface area contributed by atoms with Crippen molar-refractivity contribution in [3.05, 3.63) is 64.8 Å². The first-order valence-corrected chi connectivity index (χ1v) is 10.5. The Morgan fingerprint density at radius 1 is 0.926 bits per heavy atom. The summed E-state index contributed by atoms with van der Waals surface area (Å²) in [5, 5.41) is 2.72. The summed E-state index contributed by atoms with van der Waals surface area (Å²) in [5.41, 5.74) is 8.38. The molecule has 3 aromatic rings. The fraction of sp³-hybridized carbons (Fsp3) is 0.423. The van der Waals surface area contributed by atoms with Gasteiger partial charge in [-0.2, -0.15) is 4.57 Å². The van der Waals surface area contributed by atoms with Gasteiger partial charge in [0.1, 0.15) is 7.05 Å². The van der Waals surface area contributed by atoms with Crippen LogP contribution in [0.4, 0.5) is 0 Å². The number of fused-ring (bicyclic) bond motifs is 1. The molecular formula is C26H32N+. The Morgan fingerprint density at radius 2 is 1.67 bits per heavy atom. The lowest BCUT2D eigenvalue weighted by Gasteiger charge is -2.15. The lowest BCUT2D eigenvalue weighted by atomic mass is 9.90. The SMILES string of the molecule is Cc1ccc(C2CCCC2)cc1-c1c2ccc(C(C)C)cc2cc(C)[n+]1C. The molecule has 4 rings (SSSR count). The largest absolute Gasteiger partial charge is 0.220 e. The van der Waals surface area contributed by atoms with Crippen molar-refractivity contribution in [3.8, 4) is 11.3 Å². The second-order valence-electron chi connectivity index (χ2n) is 8.75. The van der Waals surface area contributed by atoms with E-state index in [1.54, 1.807) is 0 Å². The summed E-state index contributed by atoms with van der Waals surface area (Å²) in [6.07, 6.45) is 5.46. The monoisotopic (exact) mass is 358 g/mol. The molecule has 140 valence electrons. The van der Waals surface area contributed by atoms with Crippen LogP contribution in [0.25, 0.3) is 22.0 Å². The molecule has 0 bridgehead atoms. The van der Waals surface area contributed by atoms with Crippen molar-refractivity contribution in [2.75, 3.05) is 0 Å². The molecule has 0 radical (unpaired) electrons. The first-order chi connectivity index (χ1) is 13.0. The van der Waals surface area contributed by atoms with E-state index in [9.17, 15) is 0 Å². The fourth-order valence-corrected chi connectivity index (χ4v) is 4.69. The van der Waals surface area contributed by atoms with E-state index in [0.717, 1.165) is 5.92 Å². The Hall–Kier alpha value is -2.15. The Morgan fingerprint density at radius 3 is 2.37 bits per heavy atom. The van der Waals surface area contributed by atoms with Crippen LogP contribution in [0, 0.1) is 13.8 Å². The van der Waals surface area contributed by atoms with Crippen LogP contribution in [-0.2, 0) is 7.05 Å². The Kier molecular flexibility index (Phi) is 4.80. The average molecular weight is 359 g/mol. The summed E-state index contributed by atoms with van der Waals surface area (Å²) in [7, 11) is 2.21. The predicted molar refractivity (Wildman–Crippen MR) is 115 cm³/mol. The van der Waals surface area contributed by atoms with E-state index in [-0.39, 0.29) is 0 Å². The smallest absolute Gasteiger partial charge is 0.198 e. The topological polar surface area (TPSA) is 3.88 Å². The van der Waals surface area contributed by atoms with Crippen LogP contribution in [0.15, 0.2) is 42.5 Å². The second kappa shape index (κ2) is 7.11. The molecule has 1 aromatic heterocycles. The summed E-state index contributed by atoms with van der Waals surface area (Å²) in [5.74, 6) is 1.30. The summed E-state index contributed by atoms with van der Waals surface area (Å²) in [4.78, 5) is 0. The van der Waals surface area contributed by atoms with Crippen molar-refractivity contribution in [2.45, 2.75) is 65.2 Å². The Balaban J connectivity index is 1.95. The molecule has 2 aromatic carbocycles. The van der Waals surface area contributed by atoms with E-state index in [0.29, 0.717) is 5.92 Å². The van der Waals surface area contributed by atoms with E-state index >= 15 is 0 Å². The number of pyridine rings is 1. The van der Waals surface area contributed by atoms with Crippen molar-refractivity contribution < 1.29 is 4.57 Å². The zero-order valence-electron chi connectivity index (χ0n) is 17.5. The first kappa shape index (κ1) is 18.2. The highest BCUT2D eigenvalue weighted by Crippen LogP contribution is 2.37.